The fourth-order valence-corrected chi connectivity index (χ4v) is 4.30. The number of rotatable bonds is 5. The number of hydrogen-bond acceptors (Lipinski definition) is 7. The predicted octanol–water partition coefficient (Wildman–Crippen LogP) is 3.12. The Bertz CT molecular complexity index is 1440. The van der Waals surface area contributed by atoms with E-state index in [-0.39, 0.29) is 22.5 Å². The third-order valence-corrected chi connectivity index (χ3v) is 5.86. The lowest BCUT2D eigenvalue weighted by Gasteiger charge is -2.20. The molecule has 0 radical (unpaired) electrons. The molecule has 0 spiro atoms. The number of carboxylic acids is 1. The molecule has 0 fully saturated rings. The quantitative estimate of drug-likeness (QED) is 0.480. The highest BCUT2D eigenvalue weighted by molar-refractivity contribution is 6.33. The van der Waals surface area contributed by atoms with Crippen molar-refractivity contribution in [1.82, 2.24) is 19.5 Å². The SMILES string of the molecule is COc1ncccc1Cn1cc(C(=O)O)c(=O)c2cc(Cl)c(N3Cc4cccnc4C3)nc21. The summed E-state index contributed by atoms with van der Waals surface area (Å²) in [6.45, 7) is 1.31. The van der Waals surface area contributed by atoms with Crippen LogP contribution in [0.25, 0.3) is 11.0 Å². The lowest BCUT2D eigenvalue weighted by atomic mass is 10.1. The number of anilines is 1. The van der Waals surface area contributed by atoms with Crippen LogP contribution in [-0.4, -0.2) is 37.7 Å². The molecule has 5 heterocycles. The van der Waals surface area contributed by atoms with Crippen LogP contribution in [0.15, 0.2) is 53.7 Å². The van der Waals surface area contributed by atoms with Gasteiger partial charge in [0, 0.05) is 30.7 Å². The molecule has 0 atom stereocenters. The first kappa shape index (κ1) is 20.9. The fourth-order valence-electron chi connectivity index (χ4n) is 4.03. The number of nitrogens with zero attached hydrogens (tertiary/aromatic N) is 5. The third-order valence-electron chi connectivity index (χ3n) is 5.58. The van der Waals surface area contributed by atoms with E-state index in [4.69, 9.17) is 21.3 Å². The first-order valence-electron chi connectivity index (χ1n) is 10.1. The maximum absolute atomic E-state index is 12.9. The van der Waals surface area contributed by atoms with Crippen LogP contribution >= 0.6 is 11.6 Å². The molecule has 0 aliphatic carbocycles. The van der Waals surface area contributed by atoms with Gasteiger partial charge in [-0.05, 0) is 23.8 Å². The second-order valence-electron chi connectivity index (χ2n) is 7.61. The molecule has 10 heteroatoms. The summed E-state index contributed by atoms with van der Waals surface area (Å²) in [5.74, 6) is -0.428. The second-order valence-corrected chi connectivity index (χ2v) is 8.01. The highest BCUT2D eigenvalue weighted by Crippen LogP contribution is 2.33. The molecule has 1 aliphatic heterocycles. The maximum atomic E-state index is 12.9. The number of ether oxygens (including phenoxy) is 1. The summed E-state index contributed by atoms with van der Waals surface area (Å²) in [6.07, 6.45) is 4.64. The summed E-state index contributed by atoms with van der Waals surface area (Å²) in [5, 5.41) is 9.98. The van der Waals surface area contributed by atoms with Crippen LogP contribution in [-0.2, 0) is 19.6 Å². The van der Waals surface area contributed by atoms with Gasteiger partial charge in [-0.3, -0.25) is 9.78 Å². The molecule has 0 aromatic carbocycles. The Balaban J connectivity index is 1.68. The highest BCUT2D eigenvalue weighted by Gasteiger charge is 2.25. The van der Waals surface area contributed by atoms with Gasteiger partial charge in [-0.2, -0.15) is 0 Å². The van der Waals surface area contributed by atoms with Crippen molar-refractivity contribution in [2.75, 3.05) is 12.0 Å². The lowest BCUT2D eigenvalue weighted by Crippen LogP contribution is -2.22. The van der Waals surface area contributed by atoms with E-state index in [9.17, 15) is 14.7 Å². The molecule has 4 aromatic heterocycles. The Hall–Kier alpha value is -3.98. The molecule has 0 bridgehead atoms. The standard InChI is InChI=1S/C23H18ClN5O4/c1-33-22-14(5-3-7-26-22)10-28-11-16(23(31)32)19(30)15-8-17(24)21(27-20(15)28)29-9-13-4-2-6-25-18(13)12-29/h2-8,11H,9-10,12H2,1H3,(H,31,32). The zero-order valence-corrected chi connectivity index (χ0v) is 18.3. The van der Waals surface area contributed by atoms with E-state index in [1.54, 1.807) is 23.0 Å². The van der Waals surface area contributed by atoms with Gasteiger partial charge in [0.25, 0.3) is 0 Å². The Morgan fingerprint density at radius 1 is 1.21 bits per heavy atom. The molecule has 0 unspecified atom stereocenters. The zero-order chi connectivity index (χ0) is 23.1. The summed E-state index contributed by atoms with van der Waals surface area (Å²) >= 11 is 6.54. The molecule has 1 N–H and O–H groups in total. The van der Waals surface area contributed by atoms with Gasteiger partial charge < -0.3 is 19.3 Å². The molecule has 4 aromatic rings. The maximum Gasteiger partial charge on any atom is 0.341 e. The molecular weight excluding hydrogens is 446 g/mol. The van der Waals surface area contributed by atoms with Gasteiger partial charge in [0.05, 0.1) is 36.3 Å². The van der Waals surface area contributed by atoms with Gasteiger partial charge in [0.2, 0.25) is 11.3 Å². The first-order valence-corrected chi connectivity index (χ1v) is 10.5. The van der Waals surface area contributed by atoms with E-state index in [0.29, 0.717) is 36.0 Å². The molecule has 9 nitrogen and oxygen atoms in total. The van der Waals surface area contributed by atoms with Crippen molar-refractivity contribution in [3.63, 3.8) is 0 Å². The Morgan fingerprint density at radius 2 is 2.00 bits per heavy atom. The molecule has 0 saturated heterocycles. The van der Waals surface area contributed by atoms with Crippen LogP contribution in [0.3, 0.4) is 0 Å². The van der Waals surface area contributed by atoms with Crippen molar-refractivity contribution in [1.29, 1.82) is 0 Å². The molecule has 0 amide bonds. The topological polar surface area (TPSA) is 110 Å². The number of halogens is 1. The van der Waals surface area contributed by atoms with Gasteiger partial charge in [-0.15, -0.1) is 0 Å². The van der Waals surface area contributed by atoms with Gasteiger partial charge in [0.15, 0.2) is 5.82 Å². The van der Waals surface area contributed by atoms with Crippen molar-refractivity contribution in [3.8, 4) is 5.88 Å². The van der Waals surface area contributed by atoms with Crippen LogP contribution < -0.4 is 15.1 Å². The van der Waals surface area contributed by atoms with E-state index in [1.165, 1.54) is 19.4 Å². The number of methoxy groups -OCH3 is 1. The summed E-state index contributed by atoms with van der Waals surface area (Å²) in [7, 11) is 1.51. The van der Waals surface area contributed by atoms with Gasteiger partial charge in [-0.25, -0.2) is 14.8 Å². The highest BCUT2D eigenvalue weighted by atomic mass is 35.5. The zero-order valence-electron chi connectivity index (χ0n) is 17.5. The fraction of sp³-hybridized carbons (Fsp3) is 0.174. The van der Waals surface area contributed by atoms with Gasteiger partial charge in [0.1, 0.15) is 11.2 Å². The van der Waals surface area contributed by atoms with Crippen molar-refractivity contribution < 1.29 is 14.6 Å². The van der Waals surface area contributed by atoms with Crippen molar-refractivity contribution >= 4 is 34.4 Å². The lowest BCUT2D eigenvalue weighted by molar-refractivity contribution is 0.0695. The monoisotopic (exact) mass is 463 g/mol. The Kier molecular flexibility index (Phi) is 5.18. The Morgan fingerprint density at radius 3 is 2.76 bits per heavy atom. The van der Waals surface area contributed by atoms with Crippen molar-refractivity contribution in [2.45, 2.75) is 19.6 Å². The normalized spacial score (nSPS) is 12.7. The van der Waals surface area contributed by atoms with Crippen LogP contribution in [0.2, 0.25) is 5.02 Å². The number of aromatic carboxylic acids is 1. The van der Waals surface area contributed by atoms with Crippen LogP contribution in [0.4, 0.5) is 5.82 Å². The molecule has 166 valence electrons. The number of aromatic nitrogens is 4. The minimum absolute atomic E-state index is 0.126. The predicted molar refractivity (Wildman–Crippen MR) is 122 cm³/mol. The number of pyridine rings is 4. The molecule has 5 rings (SSSR count). The Labute approximate surface area is 192 Å². The van der Waals surface area contributed by atoms with E-state index < -0.39 is 11.4 Å². The summed E-state index contributed by atoms with van der Waals surface area (Å²) < 4.78 is 6.94. The molecule has 1 aliphatic rings. The molecular formula is C23H18ClN5O4. The second kappa shape index (κ2) is 8.18. The largest absolute Gasteiger partial charge is 0.481 e. The number of carbonyl (C=O) groups is 1. The smallest absolute Gasteiger partial charge is 0.341 e. The summed E-state index contributed by atoms with van der Waals surface area (Å²) in [6, 6.07) is 8.94. The minimum Gasteiger partial charge on any atom is -0.481 e. The first-order chi connectivity index (χ1) is 16.0. The van der Waals surface area contributed by atoms with Crippen LogP contribution in [0, 0.1) is 0 Å². The number of hydrogen-bond donors (Lipinski definition) is 1. The van der Waals surface area contributed by atoms with Gasteiger partial charge >= 0.3 is 5.97 Å². The van der Waals surface area contributed by atoms with E-state index in [0.717, 1.165) is 11.3 Å². The van der Waals surface area contributed by atoms with E-state index in [2.05, 4.69) is 9.97 Å². The van der Waals surface area contributed by atoms with Crippen LogP contribution in [0.1, 0.15) is 27.2 Å². The number of carboxylic acid groups (broad SMARTS) is 1. The third kappa shape index (κ3) is 3.66. The van der Waals surface area contributed by atoms with Crippen LogP contribution in [0.5, 0.6) is 5.88 Å². The van der Waals surface area contributed by atoms with Gasteiger partial charge in [-0.1, -0.05) is 23.7 Å². The van der Waals surface area contributed by atoms with E-state index in [1.807, 2.05) is 23.1 Å². The minimum atomic E-state index is -1.32. The van der Waals surface area contributed by atoms with Crippen molar-refractivity contribution in [3.05, 3.63) is 86.6 Å². The average Bonchev–Trinajstić information content (AvgIpc) is 3.24. The van der Waals surface area contributed by atoms with Crippen molar-refractivity contribution in [2.24, 2.45) is 0 Å². The summed E-state index contributed by atoms with van der Waals surface area (Å²) in [5.41, 5.74) is 2.04. The molecule has 33 heavy (non-hydrogen) atoms. The average molecular weight is 464 g/mol. The number of fused-ring (bicyclic) bond motifs is 2. The van der Waals surface area contributed by atoms with E-state index >= 15 is 0 Å². The summed E-state index contributed by atoms with van der Waals surface area (Å²) in [4.78, 5) is 40.0. The molecule has 0 saturated carbocycles.